The van der Waals surface area contributed by atoms with E-state index in [1.54, 1.807) is 12.1 Å². The highest BCUT2D eigenvalue weighted by Crippen LogP contribution is 2.25. The average molecular weight is 276 g/mol. The molecule has 0 spiro atoms. The highest BCUT2D eigenvalue weighted by Gasteiger charge is 2.08. The van der Waals surface area contributed by atoms with Crippen molar-refractivity contribution in [2.45, 2.75) is 6.54 Å². The van der Waals surface area contributed by atoms with E-state index in [9.17, 15) is 4.39 Å². The SMILES string of the molecule is NCc1ccc2nc(-c3ccc(F)c(Cl)c3)[nH]c2c1. The zero-order valence-electron chi connectivity index (χ0n) is 9.95. The van der Waals surface area contributed by atoms with Crippen LogP contribution in [0.15, 0.2) is 36.4 Å². The summed E-state index contributed by atoms with van der Waals surface area (Å²) in [4.78, 5) is 7.64. The Labute approximate surface area is 114 Å². The Morgan fingerprint density at radius 2 is 2.05 bits per heavy atom. The molecule has 1 heterocycles. The Bertz CT molecular complexity index is 752. The molecule has 0 bridgehead atoms. The lowest BCUT2D eigenvalue weighted by Gasteiger charge is -1.98. The quantitative estimate of drug-likeness (QED) is 0.752. The first-order valence-corrected chi connectivity index (χ1v) is 6.19. The van der Waals surface area contributed by atoms with Crippen molar-refractivity contribution >= 4 is 22.6 Å². The number of hydrogen-bond donors (Lipinski definition) is 2. The summed E-state index contributed by atoms with van der Waals surface area (Å²) in [6.45, 7) is 0.479. The summed E-state index contributed by atoms with van der Waals surface area (Å²) >= 11 is 5.78. The molecule has 96 valence electrons. The fourth-order valence-corrected chi connectivity index (χ4v) is 2.14. The molecule has 3 rings (SSSR count). The molecule has 19 heavy (non-hydrogen) atoms. The van der Waals surface area contributed by atoms with E-state index >= 15 is 0 Å². The van der Waals surface area contributed by atoms with Crippen LogP contribution in [0.3, 0.4) is 0 Å². The van der Waals surface area contributed by atoms with Gasteiger partial charge in [-0.3, -0.25) is 0 Å². The van der Waals surface area contributed by atoms with Crippen molar-refractivity contribution in [3.63, 3.8) is 0 Å². The second-order valence-electron chi connectivity index (χ2n) is 4.27. The Morgan fingerprint density at radius 1 is 1.21 bits per heavy atom. The second-order valence-corrected chi connectivity index (χ2v) is 4.68. The largest absolute Gasteiger partial charge is 0.338 e. The Hall–Kier alpha value is -1.91. The van der Waals surface area contributed by atoms with E-state index < -0.39 is 5.82 Å². The molecule has 0 aliphatic heterocycles. The molecule has 2 aromatic carbocycles. The standard InChI is InChI=1S/C14H11ClFN3/c15-10-6-9(2-3-11(10)16)14-18-12-4-1-8(7-17)5-13(12)19-14/h1-6H,7,17H2,(H,18,19). The second kappa shape index (κ2) is 4.64. The van der Waals surface area contributed by atoms with Gasteiger partial charge in [0.05, 0.1) is 16.1 Å². The number of nitrogens with one attached hydrogen (secondary N) is 1. The van der Waals surface area contributed by atoms with Crippen LogP contribution in [0.2, 0.25) is 5.02 Å². The topological polar surface area (TPSA) is 54.7 Å². The molecule has 0 amide bonds. The first-order valence-electron chi connectivity index (χ1n) is 5.81. The molecule has 3 nitrogen and oxygen atoms in total. The Balaban J connectivity index is 2.11. The molecule has 0 unspecified atom stereocenters. The molecule has 0 atom stereocenters. The van der Waals surface area contributed by atoms with Crippen molar-refractivity contribution in [3.8, 4) is 11.4 Å². The highest BCUT2D eigenvalue weighted by atomic mass is 35.5. The summed E-state index contributed by atoms with van der Waals surface area (Å²) in [7, 11) is 0. The van der Waals surface area contributed by atoms with E-state index in [1.165, 1.54) is 6.07 Å². The summed E-state index contributed by atoms with van der Waals surface area (Å²) in [5.74, 6) is 0.220. The number of aromatic nitrogens is 2. The van der Waals surface area contributed by atoms with E-state index in [-0.39, 0.29) is 5.02 Å². The fourth-order valence-electron chi connectivity index (χ4n) is 1.96. The zero-order chi connectivity index (χ0) is 13.4. The number of hydrogen-bond acceptors (Lipinski definition) is 2. The Kier molecular flexibility index (Phi) is 2.97. The average Bonchev–Trinajstić information content (AvgIpc) is 2.84. The number of nitrogens with two attached hydrogens (primary N) is 1. The van der Waals surface area contributed by atoms with Crippen LogP contribution in [0.25, 0.3) is 22.4 Å². The molecule has 3 N–H and O–H groups in total. The first kappa shape index (κ1) is 12.1. The van der Waals surface area contributed by atoms with Gasteiger partial charge in [0.2, 0.25) is 0 Å². The first-order chi connectivity index (χ1) is 9.17. The van der Waals surface area contributed by atoms with Crippen LogP contribution in [-0.2, 0) is 6.54 Å². The number of fused-ring (bicyclic) bond motifs is 1. The number of H-pyrrole nitrogens is 1. The van der Waals surface area contributed by atoms with Gasteiger partial charge in [0.15, 0.2) is 0 Å². The van der Waals surface area contributed by atoms with Crippen LogP contribution < -0.4 is 5.73 Å². The number of halogens is 2. The third-order valence-electron chi connectivity index (χ3n) is 2.98. The number of rotatable bonds is 2. The van der Waals surface area contributed by atoms with E-state index in [1.807, 2.05) is 18.2 Å². The monoisotopic (exact) mass is 275 g/mol. The van der Waals surface area contributed by atoms with Crippen LogP contribution >= 0.6 is 11.6 Å². The molecular formula is C14H11ClFN3. The molecule has 3 aromatic rings. The van der Waals surface area contributed by atoms with Gasteiger partial charge in [0.25, 0.3) is 0 Å². The minimum atomic E-state index is -0.438. The Morgan fingerprint density at radius 3 is 2.79 bits per heavy atom. The molecule has 0 saturated carbocycles. The molecular weight excluding hydrogens is 265 g/mol. The van der Waals surface area contributed by atoms with Crippen molar-refractivity contribution in [1.29, 1.82) is 0 Å². The van der Waals surface area contributed by atoms with Gasteiger partial charge in [-0.15, -0.1) is 0 Å². The van der Waals surface area contributed by atoms with Crippen LogP contribution in [-0.4, -0.2) is 9.97 Å². The van der Waals surface area contributed by atoms with Gasteiger partial charge in [0, 0.05) is 12.1 Å². The molecule has 5 heteroatoms. The molecule has 0 aliphatic carbocycles. The third-order valence-corrected chi connectivity index (χ3v) is 3.26. The lowest BCUT2D eigenvalue weighted by atomic mass is 10.2. The maximum atomic E-state index is 13.1. The van der Waals surface area contributed by atoms with Crippen LogP contribution in [0.1, 0.15) is 5.56 Å². The molecule has 0 fully saturated rings. The fraction of sp³-hybridized carbons (Fsp3) is 0.0714. The molecule has 0 aliphatic rings. The van der Waals surface area contributed by atoms with Gasteiger partial charge in [-0.1, -0.05) is 17.7 Å². The number of aromatic amines is 1. The number of nitrogens with zero attached hydrogens (tertiary/aromatic N) is 1. The normalized spacial score (nSPS) is 11.1. The van der Waals surface area contributed by atoms with Crippen molar-refractivity contribution in [2.75, 3.05) is 0 Å². The van der Waals surface area contributed by atoms with Crippen LogP contribution in [0.5, 0.6) is 0 Å². The van der Waals surface area contributed by atoms with E-state index in [0.717, 1.165) is 22.2 Å². The van der Waals surface area contributed by atoms with Gasteiger partial charge < -0.3 is 10.7 Å². The zero-order valence-corrected chi connectivity index (χ0v) is 10.7. The van der Waals surface area contributed by atoms with Crippen molar-refractivity contribution in [1.82, 2.24) is 9.97 Å². The lowest BCUT2D eigenvalue weighted by molar-refractivity contribution is 0.628. The summed E-state index contributed by atoms with van der Waals surface area (Å²) in [6.07, 6.45) is 0. The predicted octanol–water partition coefficient (Wildman–Crippen LogP) is 3.48. The summed E-state index contributed by atoms with van der Waals surface area (Å²) in [5, 5.41) is 0.0839. The van der Waals surface area contributed by atoms with Gasteiger partial charge in [-0.2, -0.15) is 0 Å². The highest BCUT2D eigenvalue weighted by molar-refractivity contribution is 6.31. The predicted molar refractivity (Wildman–Crippen MR) is 74.4 cm³/mol. The maximum absolute atomic E-state index is 13.1. The molecule has 0 saturated heterocycles. The third kappa shape index (κ3) is 2.20. The summed E-state index contributed by atoms with van der Waals surface area (Å²) < 4.78 is 13.1. The van der Waals surface area contributed by atoms with E-state index in [4.69, 9.17) is 17.3 Å². The minimum absolute atomic E-state index is 0.0839. The van der Waals surface area contributed by atoms with Crippen LogP contribution in [0.4, 0.5) is 4.39 Å². The van der Waals surface area contributed by atoms with Crippen molar-refractivity contribution < 1.29 is 4.39 Å². The van der Waals surface area contributed by atoms with Crippen molar-refractivity contribution in [3.05, 3.63) is 52.8 Å². The molecule has 1 aromatic heterocycles. The van der Waals surface area contributed by atoms with Gasteiger partial charge in [-0.05, 0) is 35.9 Å². The smallest absolute Gasteiger partial charge is 0.141 e. The number of imidazole rings is 1. The van der Waals surface area contributed by atoms with Gasteiger partial charge in [0.1, 0.15) is 11.6 Å². The molecule has 0 radical (unpaired) electrons. The lowest BCUT2D eigenvalue weighted by Crippen LogP contribution is -1.95. The number of benzene rings is 2. The summed E-state index contributed by atoms with van der Waals surface area (Å²) in [5.41, 5.74) is 9.12. The van der Waals surface area contributed by atoms with E-state index in [2.05, 4.69) is 9.97 Å². The van der Waals surface area contributed by atoms with Crippen molar-refractivity contribution in [2.24, 2.45) is 5.73 Å². The minimum Gasteiger partial charge on any atom is -0.338 e. The van der Waals surface area contributed by atoms with E-state index in [0.29, 0.717) is 12.4 Å². The van der Waals surface area contributed by atoms with Gasteiger partial charge in [-0.25, -0.2) is 9.37 Å². The van der Waals surface area contributed by atoms with Crippen LogP contribution in [0, 0.1) is 5.82 Å². The van der Waals surface area contributed by atoms with Gasteiger partial charge >= 0.3 is 0 Å². The summed E-state index contributed by atoms with van der Waals surface area (Å²) in [6, 6.07) is 10.3. The maximum Gasteiger partial charge on any atom is 0.141 e.